The molecule has 1 aromatic carbocycles. The number of thiophene rings is 1. The Morgan fingerprint density at radius 3 is 2.88 bits per heavy atom. The zero-order valence-corrected chi connectivity index (χ0v) is 14.4. The number of hydrogen-bond acceptors (Lipinski definition) is 6. The van der Waals surface area contributed by atoms with Crippen LogP contribution in [0.5, 0.6) is 0 Å². The van der Waals surface area contributed by atoms with Gasteiger partial charge in [-0.05, 0) is 36.1 Å². The lowest BCUT2D eigenvalue weighted by Crippen LogP contribution is -1.86. The summed E-state index contributed by atoms with van der Waals surface area (Å²) in [5.74, 6) is 0.996. The first kappa shape index (κ1) is 15.1. The zero-order chi connectivity index (χ0) is 16.5. The SMILES string of the molecule is Cc1csc2ncnc(Sc3ccccc3-c3ccc(C=O)o3)c12. The standard InChI is InChI=1S/C18H12N2O2S2/c1-11-9-23-17-16(11)18(20-10-19-17)24-15-5-3-2-4-13(15)14-7-6-12(8-21)22-14/h2-10H,1H3. The summed E-state index contributed by atoms with van der Waals surface area (Å²) >= 11 is 3.21. The average molecular weight is 352 g/mol. The third-order valence-corrected chi connectivity index (χ3v) is 5.70. The van der Waals surface area contributed by atoms with Gasteiger partial charge in [-0.1, -0.05) is 30.0 Å². The summed E-state index contributed by atoms with van der Waals surface area (Å²) in [5, 5.41) is 4.11. The van der Waals surface area contributed by atoms with Crippen molar-refractivity contribution in [3.05, 3.63) is 59.4 Å². The van der Waals surface area contributed by atoms with Crippen LogP contribution in [-0.2, 0) is 0 Å². The fourth-order valence-corrected chi connectivity index (χ4v) is 4.53. The van der Waals surface area contributed by atoms with Crippen LogP contribution in [0.3, 0.4) is 0 Å². The van der Waals surface area contributed by atoms with E-state index in [1.807, 2.05) is 30.3 Å². The van der Waals surface area contributed by atoms with Crippen molar-refractivity contribution in [2.24, 2.45) is 0 Å². The van der Waals surface area contributed by atoms with Gasteiger partial charge in [-0.15, -0.1) is 11.3 Å². The van der Waals surface area contributed by atoms with Crippen LogP contribution in [0.4, 0.5) is 0 Å². The minimum absolute atomic E-state index is 0.322. The van der Waals surface area contributed by atoms with Gasteiger partial charge >= 0.3 is 0 Å². The Morgan fingerprint density at radius 1 is 1.17 bits per heavy atom. The number of hydrogen-bond donors (Lipinski definition) is 0. The van der Waals surface area contributed by atoms with Crippen molar-refractivity contribution in [1.82, 2.24) is 9.97 Å². The Bertz CT molecular complexity index is 1040. The van der Waals surface area contributed by atoms with Crippen molar-refractivity contribution >= 4 is 39.6 Å². The number of furan rings is 1. The molecule has 0 bridgehead atoms. The van der Waals surface area contributed by atoms with E-state index in [0.717, 1.165) is 25.7 Å². The molecule has 4 nitrogen and oxygen atoms in total. The van der Waals surface area contributed by atoms with Crippen LogP contribution in [0.2, 0.25) is 0 Å². The molecule has 4 aromatic rings. The molecule has 0 aliphatic carbocycles. The molecule has 118 valence electrons. The molecule has 4 rings (SSSR count). The molecule has 0 aliphatic rings. The van der Waals surface area contributed by atoms with Crippen LogP contribution in [0.15, 0.2) is 62.4 Å². The molecule has 6 heteroatoms. The van der Waals surface area contributed by atoms with Crippen LogP contribution in [0, 0.1) is 6.92 Å². The molecule has 3 aromatic heterocycles. The van der Waals surface area contributed by atoms with E-state index in [2.05, 4.69) is 22.3 Å². The quantitative estimate of drug-likeness (QED) is 0.372. The highest BCUT2D eigenvalue weighted by Crippen LogP contribution is 2.39. The fraction of sp³-hybridized carbons (Fsp3) is 0.0556. The largest absolute Gasteiger partial charge is 0.453 e. The lowest BCUT2D eigenvalue weighted by atomic mass is 10.2. The van der Waals surface area contributed by atoms with E-state index < -0.39 is 0 Å². The molecule has 0 saturated heterocycles. The maximum Gasteiger partial charge on any atom is 0.185 e. The van der Waals surface area contributed by atoms with Crippen molar-refractivity contribution in [3.8, 4) is 11.3 Å². The van der Waals surface area contributed by atoms with Crippen molar-refractivity contribution in [2.45, 2.75) is 16.8 Å². The molecule has 0 unspecified atom stereocenters. The average Bonchev–Trinajstić information content (AvgIpc) is 3.23. The monoisotopic (exact) mass is 352 g/mol. The number of aromatic nitrogens is 2. The predicted molar refractivity (Wildman–Crippen MR) is 95.8 cm³/mol. The molecular formula is C18H12N2O2S2. The van der Waals surface area contributed by atoms with Crippen molar-refractivity contribution in [2.75, 3.05) is 0 Å². The number of aldehydes is 1. The van der Waals surface area contributed by atoms with Gasteiger partial charge in [-0.3, -0.25) is 4.79 Å². The molecule has 3 heterocycles. The summed E-state index contributed by atoms with van der Waals surface area (Å²) in [4.78, 5) is 21.7. The van der Waals surface area contributed by atoms with E-state index in [9.17, 15) is 4.79 Å². The topological polar surface area (TPSA) is 56.0 Å². The van der Waals surface area contributed by atoms with Crippen LogP contribution < -0.4 is 0 Å². The Balaban J connectivity index is 1.80. The van der Waals surface area contributed by atoms with Crippen molar-refractivity contribution in [3.63, 3.8) is 0 Å². The van der Waals surface area contributed by atoms with Gasteiger partial charge in [-0.25, -0.2) is 9.97 Å². The molecule has 24 heavy (non-hydrogen) atoms. The van der Waals surface area contributed by atoms with Crippen LogP contribution in [0.1, 0.15) is 16.1 Å². The number of benzene rings is 1. The van der Waals surface area contributed by atoms with E-state index in [4.69, 9.17) is 4.42 Å². The second-order valence-electron chi connectivity index (χ2n) is 5.20. The van der Waals surface area contributed by atoms with Crippen molar-refractivity contribution in [1.29, 1.82) is 0 Å². The second-order valence-corrected chi connectivity index (χ2v) is 7.08. The number of carbonyl (C=O) groups is 1. The first-order valence-electron chi connectivity index (χ1n) is 7.27. The molecule has 0 spiro atoms. The highest BCUT2D eigenvalue weighted by Gasteiger charge is 2.14. The third kappa shape index (κ3) is 2.64. The third-order valence-electron chi connectivity index (χ3n) is 3.62. The Morgan fingerprint density at radius 2 is 2.04 bits per heavy atom. The second kappa shape index (κ2) is 6.22. The first-order valence-corrected chi connectivity index (χ1v) is 8.97. The lowest BCUT2D eigenvalue weighted by molar-refractivity contribution is 0.110. The Labute approximate surface area is 146 Å². The molecular weight excluding hydrogens is 340 g/mol. The van der Waals surface area contributed by atoms with Gasteiger partial charge < -0.3 is 4.42 Å². The summed E-state index contributed by atoms with van der Waals surface area (Å²) < 4.78 is 5.58. The summed E-state index contributed by atoms with van der Waals surface area (Å²) in [5.41, 5.74) is 2.12. The highest BCUT2D eigenvalue weighted by molar-refractivity contribution is 7.99. The number of carbonyl (C=O) groups excluding carboxylic acids is 1. The van der Waals surface area contributed by atoms with Gasteiger partial charge in [0.05, 0.1) is 0 Å². The Kier molecular flexibility index (Phi) is 3.92. The normalized spacial score (nSPS) is 11.0. The summed E-state index contributed by atoms with van der Waals surface area (Å²) in [6, 6.07) is 11.4. The fourth-order valence-electron chi connectivity index (χ4n) is 2.49. The van der Waals surface area contributed by atoms with Gasteiger partial charge in [0.25, 0.3) is 0 Å². The molecule has 0 N–H and O–H groups in total. The van der Waals surface area contributed by atoms with E-state index >= 15 is 0 Å². The Hall–Kier alpha value is -2.44. The number of fused-ring (bicyclic) bond motifs is 1. The first-order chi connectivity index (χ1) is 11.8. The number of nitrogens with zero attached hydrogens (tertiary/aromatic N) is 2. The van der Waals surface area contributed by atoms with E-state index in [-0.39, 0.29) is 0 Å². The minimum Gasteiger partial charge on any atom is -0.453 e. The van der Waals surface area contributed by atoms with Crippen LogP contribution in [0.25, 0.3) is 21.5 Å². The summed E-state index contributed by atoms with van der Waals surface area (Å²) in [7, 11) is 0. The van der Waals surface area contributed by atoms with Gasteiger partial charge in [0.15, 0.2) is 12.0 Å². The molecule has 0 atom stereocenters. The number of aryl methyl sites for hydroxylation is 1. The predicted octanol–water partition coefficient (Wildman–Crippen LogP) is 5.22. The molecule has 0 radical (unpaired) electrons. The highest BCUT2D eigenvalue weighted by atomic mass is 32.2. The van der Waals surface area contributed by atoms with E-state index in [0.29, 0.717) is 17.8 Å². The molecule has 0 saturated carbocycles. The lowest BCUT2D eigenvalue weighted by Gasteiger charge is -2.07. The summed E-state index contributed by atoms with van der Waals surface area (Å²) in [6.07, 6.45) is 2.31. The maximum absolute atomic E-state index is 10.9. The molecule has 0 amide bonds. The van der Waals surface area contributed by atoms with Gasteiger partial charge in [0, 0.05) is 15.8 Å². The summed E-state index contributed by atoms with van der Waals surface area (Å²) in [6.45, 7) is 2.07. The zero-order valence-electron chi connectivity index (χ0n) is 12.7. The van der Waals surface area contributed by atoms with Crippen LogP contribution >= 0.6 is 23.1 Å². The minimum atomic E-state index is 0.322. The maximum atomic E-state index is 10.9. The van der Waals surface area contributed by atoms with Gasteiger partial charge in [-0.2, -0.15) is 0 Å². The van der Waals surface area contributed by atoms with Gasteiger partial charge in [0.2, 0.25) is 0 Å². The van der Waals surface area contributed by atoms with Crippen LogP contribution in [-0.4, -0.2) is 16.3 Å². The smallest absolute Gasteiger partial charge is 0.185 e. The van der Waals surface area contributed by atoms with Crippen molar-refractivity contribution < 1.29 is 9.21 Å². The van der Waals surface area contributed by atoms with E-state index in [1.54, 1.807) is 35.5 Å². The molecule has 0 fully saturated rings. The number of rotatable bonds is 4. The van der Waals surface area contributed by atoms with Gasteiger partial charge in [0.1, 0.15) is 21.9 Å². The molecule has 0 aliphatic heterocycles. The van der Waals surface area contributed by atoms with E-state index in [1.165, 1.54) is 5.56 Å².